The summed E-state index contributed by atoms with van der Waals surface area (Å²) in [6.07, 6.45) is -0.699. The molecule has 43 heavy (non-hydrogen) atoms. The Morgan fingerprint density at radius 2 is 1.23 bits per heavy atom. The number of nitrogens with zero attached hydrogens (tertiary/aromatic N) is 2. The van der Waals surface area contributed by atoms with Crippen molar-refractivity contribution in [3.8, 4) is 11.1 Å². The molecule has 2 amide bonds. The van der Waals surface area contributed by atoms with Gasteiger partial charge in [0, 0.05) is 26.2 Å². The van der Waals surface area contributed by atoms with Crippen LogP contribution in [0, 0.1) is 34.6 Å². The first kappa shape index (κ1) is 32.2. The molecule has 0 radical (unpaired) electrons. The maximum Gasteiger partial charge on any atom is 0.408 e. The number of rotatable bonds is 6. The molecule has 4 rings (SSSR count). The molecule has 1 saturated heterocycles. The highest BCUT2D eigenvalue weighted by Gasteiger charge is 2.36. The number of hydrogen-bond acceptors (Lipinski definition) is 5. The van der Waals surface area contributed by atoms with E-state index in [1.54, 1.807) is 25.7 Å². The Morgan fingerprint density at radius 1 is 0.744 bits per heavy atom. The highest BCUT2D eigenvalue weighted by atomic mass is 32.2. The fraction of sp³-hybridized carbons (Fsp3) is 0.412. The van der Waals surface area contributed by atoms with Crippen LogP contribution in [0.5, 0.6) is 0 Å². The first-order valence-electron chi connectivity index (χ1n) is 14.6. The molecule has 0 spiro atoms. The van der Waals surface area contributed by atoms with Gasteiger partial charge in [0.2, 0.25) is 15.9 Å². The SMILES string of the molecule is Cc1c(C)c(C)c(S(=O)(=O)N2CCN(C(=O)C(NC(=O)OC(C)(C)C)c3ccc(-c4ccccc4)cc3)CC2)c(C)c1C. The fourth-order valence-corrected chi connectivity index (χ4v) is 7.51. The number of benzene rings is 3. The van der Waals surface area contributed by atoms with E-state index >= 15 is 0 Å². The summed E-state index contributed by atoms with van der Waals surface area (Å²) in [5.74, 6) is -0.315. The molecule has 1 aliphatic heterocycles. The second kappa shape index (κ2) is 12.5. The van der Waals surface area contributed by atoms with E-state index < -0.39 is 27.8 Å². The molecule has 0 aliphatic carbocycles. The van der Waals surface area contributed by atoms with Crippen molar-refractivity contribution >= 4 is 22.0 Å². The topological polar surface area (TPSA) is 96.0 Å². The number of hydrogen-bond donors (Lipinski definition) is 1. The third-order valence-electron chi connectivity index (χ3n) is 8.34. The van der Waals surface area contributed by atoms with Gasteiger partial charge in [0.1, 0.15) is 11.6 Å². The molecule has 3 aromatic carbocycles. The maximum atomic E-state index is 13.9. The summed E-state index contributed by atoms with van der Waals surface area (Å²) in [7, 11) is -3.77. The third kappa shape index (κ3) is 6.94. The van der Waals surface area contributed by atoms with Crippen molar-refractivity contribution in [2.24, 2.45) is 0 Å². The van der Waals surface area contributed by atoms with Gasteiger partial charge in [-0.15, -0.1) is 0 Å². The number of carbonyl (C=O) groups excluding carboxylic acids is 2. The summed E-state index contributed by atoms with van der Waals surface area (Å²) in [6.45, 7) is 15.7. The molecule has 230 valence electrons. The first-order valence-corrected chi connectivity index (χ1v) is 16.1. The van der Waals surface area contributed by atoms with Gasteiger partial charge in [-0.2, -0.15) is 4.31 Å². The number of ether oxygens (including phenoxy) is 1. The molecular weight excluding hydrogens is 562 g/mol. The third-order valence-corrected chi connectivity index (χ3v) is 10.5. The van der Waals surface area contributed by atoms with Gasteiger partial charge in [-0.25, -0.2) is 13.2 Å². The molecule has 1 heterocycles. The number of alkyl carbamates (subject to hydrolysis) is 1. The molecule has 0 saturated carbocycles. The summed E-state index contributed by atoms with van der Waals surface area (Å²) in [4.78, 5) is 28.7. The van der Waals surface area contributed by atoms with Crippen molar-refractivity contribution in [3.05, 3.63) is 88.0 Å². The van der Waals surface area contributed by atoms with Crippen LogP contribution < -0.4 is 5.32 Å². The van der Waals surface area contributed by atoms with Crippen LogP contribution in [0.3, 0.4) is 0 Å². The molecule has 1 N–H and O–H groups in total. The van der Waals surface area contributed by atoms with Crippen LogP contribution in [0.1, 0.15) is 60.2 Å². The number of piperazine rings is 1. The molecule has 1 unspecified atom stereocenters. The largest absolute Gasteiger partial charge is 0.444 e. The number of nitrogens with one attached hydrogen (secondary N) is 1. The highest BCUT2D eigenvalue weighted by molar-refractivity contribution is 7.89. The molecule has 3 aromatic rings. The molecule has 0 bridgehead atoms. The van der Waals surface area contributed by atoms with Gasteiger partial charge in [0.15, 0.2) is 0 Å². The van der Waals surface area contributed by atoms with Crippen LogP contribution in [-0.4, -0.2) is 61.4 Å². The Kier molecular flexibility index (Phi) is 9.37. The van der Waals surface area contributed by atoms with Gasteiger partial charge in [-0.3, -0.25) is 4.79 Å². The lowest BCUT2D eigenvalue weighted by Gasteiger charge is -2.36. The second-order valence-corrected chi connectivity index (χ2v) is 14.1. The van der Waals surface area contributed by atoms with E-state index in [1.807, 2.05) is 89.2 Å². The zero-order valence-corrected chi connectivity index (χ0v) is 27.3. The maximum absolute atomic E-state index is 13.9. The van der Waals surface area contributed by atoms with Crippen molar-refractivity contribution in [1.29, 1.82) is 0 Å². The Morgan fingerprint density at radius 3 is 1.74 bits per heavy atom. The summed E-state index contributed by atoms with van der Waals surface area (Å²) in [5, 5.41) is 2.76. The minimum Gasteiger partial charge on any atom is -0.444 e. The fourth-order valence-electron chi connectivity index (χ4n) is 5.52. The highest BCUT2D eigenvalue weighted by Crippen LogP contribution is 2.32. The average Bonchev–Trinajstić information content (AvgIpc) is 2.97. The Balaban J connectivity index is 1.56. The lowest BCUT2D eigenvalue weighted by atomic mass is 9.95. The minimum atomic E-state index is -3.77. The van der Waals surface area contributed by atoms with Crippen LogP contribution >= 0.6 is 0 Å². The Labute approximate surface area is 256 Å². The quantitative estimate of drug-likeness (QED) is 0.372. The summed E-state index contributed by atoms with van der Waals surface area (Å²) in [5.41, 5.74) is 6.48. The van der Waals surface area contributed by atoms with Gasteiger partial charge in [-0.1, -0.05) is 54.6 Å². The van der Waals surface area contributed by atoms with Crippen molar-refractivity contribution < 1.29 is 22.7 Å². The average molecular weight is 606 g/mol. The van der Waals surface area contributed by atoms with Crippen LogP contribution in [0.2, 0.25) is 0 Å². The van der Waals surface area contributed by atoms with E-state index in [2.05, 4.69) is 5.32 Å². The Bertz CT molecular complexity index is 1570. The predicted molar refractivity (Wildman–Crippen MR) is 169 cm³/mol. The van der Waals surface area contributed by atoms with Gasteiger partial charge in [-0.05, 0) is 99.9 Å². The van der Waals surface area contributed by atoms with E-state index in [1.165, 1.54) is 4.31 Å². The standard InChI is InChI=1S/C34H43N3O5S/c1-22-23(2)25(4)31(26(5)24(22)3)43(40,41)37-20-18-36(19-21-37)32(38)30(35-33(39)42-34(6,7)8)29-16-14-28(15-17-29)27-12-10-9-11-13-27/h9-17,30H,18-21H2,1-8H3,(H,35,39). The molecule has 1 aliphatic rings. The molecule has 1 fully saturated rings. The van der Waals surface area contributed by atoms with E-state index in [-0.39, 0.29) is 32.1 Å². The lowest BCUT2D eigenvalue weighted by molar-refractivity contribution is -0.134. The zero-order valence-electron chi connectivity index (χ0n) is 26.4. The van der Waals surface area contributed by atoms with Crippen LogP contribution in [0.4, 0.5) is 4.79 Å². The van der Waals surface area contributed by atoms with Gasteiger partial charge in [0.25, 0.3) is 0 Å². The molecule has 8 nitrogen and oxygen atoms in total. The van der Waals surface area contributed by atoms with E-state index in [0.29, 0.717) is 10.5 Å². The van der Waals surface area contributed by atoms with Crippen molar-refractivity contribution in [2.45, 2.75) is 71.9 Å². The van der Waals surface area contributed by atoms with Gasteiger partial charge in [0.05, 0.1) is 4.90 Å². The summed E-state index contributed by atoms with van der Waals surface area (Å²) in [6, 6.07) is 16.4. The smallest absolute Gasteiger partial charge is 0.408 e. The van der Waals surface area contributed by atoms with E-state index in [0.717, 1.165) is 38.9 Å². The first-order chi connectivity index (χ1) is 20.1. The number of carbonyl (C=O) groups is 2. The van der Waals surface area contributed by atoms with Crippen LogP contribution in [0.25, 0.3) is 11.1 Å². The monoisotopic (exact) mass is 605 g/mol. The number of sulfonamides is 1. The van der Waals surface area contributed by atoms with Crippen molar-refractivity contribution in [2.75, 3.05) is 26.2 Å². The summed E-state index contributed by atoms with van der Waals surface area (Å²) < 4.78 is 34.6. The normalized spacial score (nSPS) is 15.2. The predicted octanol–water partition coefficient (Wildman–Crippen LogP) is 5.99. The second-order valence-electron chi connectivity index (χ2n) is 12.3. The molecular formula is C34H43N3O5S. The zero-order chi connectivity index (χ0) is 31.7. The van der Waals surface area contributed by atoms with Crippen molar-refractivity contribution in [3.63, 3.8) is 0 Å². The molecule has 9 heteroatoms. The Hall–Kier alpha value is -3.69. The van der Waals surface area contributed by atoms with E-state index in [9.17, 15) is 18.0 Å². The molecule has 0 aromatic heterocycles. The van der Waals surface area contributed by atoms with Gasteiger partial charge >= 0.3 is 6.09 Å². The van der Waals surface area contributed by atoms with Crippen LogP contribution in [-0.2, 0) is 19.6 Å². The summed E-state index contributed by atoms with van der Waals surface area (Å²) >= 11 is 0. The van der Waals surface area contributed by atoms with Gasteiger partial charge < -0.3 is 15.0 Å². The van der Waals surface area contributed by atoms with E-state index in [4.69, 9.17) is 4.74 Å². The number of amides is 2. The lowest BCUT2D eigenvalue weighted by Crippen LogP contribution is -2.53. The minimum absolute atomic E-state index is 0.158. The van der Waals surface area contributed by atoms with Crippen LogP contribution in [0.15, 0.2) is 59.5 Å². The van der Waals surface area contributed by atoms with Crippen molar-refractivity contribution in [1.82, 2.24) is 14.5 Å². The molecule has 1 atom stereocenters.